The average Bonchev–Trinajstić information content (AvgIpc) is 3.33. The summed E-state index contributed by atoms with van der Waals surface area (Å²) in [4.78, 5) is 31.6. The van der Waals surface area contributed by atoms with Crippen LogP contribution in [-0.2, 0) is 27.8 Å². The maximum atomic E-state index is 13.8. The molecular weight excluding hydrogens is 588 g/mol. The summed E-state index contributed by atoms with van der Waals surface area (Å²) in [6, 6.07) is 8.07. The molecule has 0 bridgehead atoms. The highest BCUT2D eigenvalue weighted by molar-refractivity contribution is 7.91. The maximum absolute atomic E-state index is 13.8. The van der Waals surface area contributed by atoms with Gasteiger partial charge in [0, 0.05) is 48.5 Å². The minimum atomic E-state index is -4.44. The summed E-state index contributed by atoms with van der Waals surface area (Å²) >= 11 is 6.13. The van der Waals surface area contributed by atoms with Gasteiger partial charge in [0.25, 0.3) is 0 Å². The summed E-state index contributed by atoms with van der Waals surface area (Å²) in [6.07, 6.45) is 1.31. The largest absolute Gasteiger partial charge is 0.497 e. The average molecular weight is 614 g/mol. The van der Waals surface area contributed by atoms with Crippen molar-refractivity contribution in [3.05, 3.63) is 82.5 Å². The number of methoxy groups -OCH3 is 1. The number of anilines is 2. The van der Waals surface area contributed by atoms with Gasteiger partial charge in [0.05, 0.1) is 7.11 Å². The van der Waals surface area contributed by atoms with Crippen LogP contribution in [0.2, 0.25) is 5.02 Å². The standard InChI is InChI=1S/C25H24ClF2N5O5S.H2S/c1-32(18-3-5-19(38-2)6-4-18)24(34)22(13-15-11-16(27)14-17(28)12-15)30-25(35)31-39(36,37)33-10-8-20-21(26)7-9-29-23(20)33;/h3-7,9,11-12,14,22H,8,10,13H2,1-2H3,(H2,30,31,35);1H2/t22-;/m0./s1. The van der Waals surface area contributed by atoms with Crippen LogP contribution < -0.4 is 24.0 Å². The first-order valence-corrected chi connectivity index (χ1v) is 13.4. The van der Waals surface area contributed by atoms with E-state index in [2.05, 4.69) is 10.3 Å². The Labute approximate surface area is 241 Å². The number of carbonyl (C=O) groups excluding carboxylic acids is 2. The Morgan fingerprint density at radius 3 is 2.42 bits per heavy atom. The van der Waals surface area contributed by atoms with Crippen molar-refractivity contribution in [2.75, 3.05) is 29.9 Å². The van der Waals surface area contributed by atoms with E-state index in [0.29, 0.717) is 34.5 Å². The van der Waals surface area contributed by atoms with Gasteiger partial charge >= 0.3 is 16.2 Å². The molecule has 2 N–H and O–H groups in total. The number of rotatable bonds is 8. The number of urea groups is 1. The molecule has 1 aliphatic heterocycles. The number of halogens is 3. The fourth-order valence-corrected chi connectivity index (χ4v) is 5.50. The number of fused-ring (bicyclic) bond motifs is 1. The summed E-state index contributed by atoms with van der Waals surface area (Å²) in [7, 11) is -1.51. The van der Waals surface area contributed by atoms with Gasteiger partial charge in [-0.05, 0) is 54.4 Å². The molecule has 0 fully saturated rings. The molecule has 1 aromatic heterocycles. The molecule has 2 heterocycles. The van der Waals surface area contributed by atoms with Crippen LogP contribution in [0.5, 0.6) is 5.75 Å². The Bertz CT molecular complexity index is 1490. The van der Waals surface area contributed by atoms with Gasteiger partial charge in [0.2, 0.25) is 5.91 Å². The lowest BCUT2D eigenvalue weighted by atomic mass is 10.0. The predicted octanol–water partition coefficient (Wildman–Crippen LogP) is 3.32. The first-order valence-electron chi connectivity index (χ1n) is 11.6. The Morgan fingerprint density at radius 1 is 1.15 bits per heavy atom. The molecule has 0 unspecified atom stereocenters. The molecule has 0 aliphatic carbocycles. The summed E-state index contributed by atoms with van der Waals surface area (Å²) in [5.74, 6) is -1.77. The van der Waals surface area contributed by atoms with Gasteiger partial charge in [-0.15, -0.1) is 0 Å². The highest BCUT2D eigenvalue weighted by Gasteiger charge is 2.34. The van der Waals surface area contributed by atoms with Crippen LogP contribution in [0.1, 0.15) is 11.1 Å². The molecule has 214 valence electrons. The van der Waals surface area contributed by atoms with Crippen LogP contribution in [0.3, 0.4) is 0 Å². The van der Waals surface area contributed by atoms with Crippen LogP contribution in [-0.4, -0.2) is 52.1 Å². The van der Waals surface area contributed by atoms with Crippen molar-refractivity contribution in [3.8, 4) is 5.75 Å². The third kappa shape index (κ3) is 6.92. The highest BCUT2D eigenvalue weighted by Crippen LogP contribution is 2.32. The number of aromatic nitrogens is 1. The molecule has 0 radical (unpaired) electrons. The van der Waals surface area contributed by atoms with Gasteiger partial charge < -0.3 is 15.0 Å². The second-order valence-electron chi connectivity index (χ2n) is 8.63. The quantitative estimate of drug-likeness (QED) is 0.402. The highest BCUT2D eigenvalue weighted by atomic mass is 35.5. The summed E-state index contributed by atoms with van der Waals surface area (Å²) in [5.41, 5.74) is 1.03. The molecule has 3 amide bonds. The van der Waals surface area contributed by atoms with Crippen molar-refractivity contribution >= 4 is 58.7 Å². The molecule has 1 atom stereocenters. The van der Waals surface area contributed by atoms with Gasteiger partial charge in [-0.3, -0.25) is 4.79 Å². The smallest absolute Gasteiger partial charge is 0.330 e. The molecule has 0 spiro atoms. The lowest BCUT2D eigenvalue weighted by Crippen LogP contribution is -2.54. The van der Waals surface area contributed by atoms with Crippen molar-refractivity contribution < 1.29 is 31.5 Å². The number of nitrogens with zero attached hydrogens (tertiary/aromatic N) is 3. The van der Waals surface area contributed by atoms with E-state index in [1.807, 2.05) is 4.72 Å². The van der Waals surface area contributed by atoms with E-state index in [1.54, 1.807) is 24.3 Å². The Morgan fingerprint density at radius 2 is 1.80 bits per heavy atom. The first kappa shape index (κ1) is 30.9. The van der Waals surface area contributed by atoms with Gasteiger partial charge in [0.15, 0.2) is 0 Å². The summed E-state index contributed by atoms with van der Waals surface area (Å²) < 4.78 is 61.6. The Balaban J connectivity index is 0.00000441. The molecule has 15 heteroatoms. The van der Waals surface area contributed by atoms with E-state index >= 15 is 0 Å². The lowest BCUT2D eigenvalue weighted by molar-refractivity contribution is -0.120. The molecule has 0 saturated carbocycles. The first-order chi connectivity index (χ1) is 18.5. The number of hydrogen-bond acceptors (Lipinski definition) is 6. The Hall–Kier alpha value is -3.62. The number of amides is 3. The number of carbonyl (C=O) groups is 2. The Kier molecular flexibility index (Phi) is 9.82. The number of hydrogen-bond donors (Lipinski definition) is 2. The van der Waals surface area contributed by atoms with E-state index in [-0.39, 0.29) is 37.8 Å². The van der Waals surface area contributed by atoms with Crippen molar-refractivity contribution in [2.45, 2.75) is 18.9 Å². The summed E-state index contributed by atoms with van der Waals surface area (Å²) in [5, 5.41) is 2.67. The molecule has 40 heavy (non-hydrogen) atoms. The van der Waals surface area contributed by atoms with E-state index in [4.69, 9.17) is 16.3 Å². The minimum absolute atomic E-state index is 0. The molecule has 2 aromatic carbocycles. The van der Waals surface area contributed by atoms with E-state index in [9.17, 15) is 26.8 Å². The zero-order valence-electron chi connectivity index (χ0n) is 21.3. The number of pyridine rings is 1. The number of likely N-dealkylation sites (N-methyl/N-ethyl adjacent to an activating group) is 1. The van der Waals surface area contributed by atoms with Gasteiger partial charge in [0.1, 0.15) is 29.2 Å². The molecule has 0 saturated heterocycles. The third-order valence-corrected chi connectivity index (χ3v) is 7.78. The van der Waals surface area contributed by atoms with Crippen LogP contribution in [0.25, 0.3) is 0 Å². The van der Waals surface area contributed by atoms with Crippen molar-refractivity contribution in [2.24, 2.45) is 0 Å². The van der Waals surface area contributed by atoms with Crippen LogP contribution >= 0.6 is 25.1 Å². The minimum Gasteiger partial charge on any atom is -0.497 e. The number of nitrogens with one attached hydrogen (secondary N) is 2. The van der Waals surface area contributed by atoms with Crippen molar-refractivity contribution in [1.82, 2.24) is 15.0 Å². The lowest BCUT2D eigenvalue weighted by Gasteiger charge is -2.26. The van der Waals surface area contributed by atoms with Crippen LogP contribution in [0, 0.1) is 11.6 Å². The van der Waals surface area contributed by atoms with Gasteiger partial charge in [-0.2, -0.15) is 21.9 Å². The van der Waals surface area contributed by atoms with Crippen molar-refractivity contribution in [1.29, 1.82) is 0 Å². The molecule has 4 rings (SSSR count). The second-order valence-corrected chi connectivity index (χ2v) is 10.6. The van der Waals surface area contributed by atoms with E-state index in [1.165, 1.54) is 31.3 Å². The van der Waals surface area contributed by atoms with E-state index in [0.717, 1.165) is 16.4 Å². The summed E-state index contributed by atoms with van der Waals surface area (Å²) in [6.45, 7) is -0.000183. The predicted molar refractivity (Wildman–Crippen MR) is 152 cm³/mol. The maximum Gasteiger partial charge on any atom is 0.330 e. The topological polar surface area (TPSA) is 121 Å². The van der Waals surface area contributed by atoms with Crippen LogP contribution in [0.4, 0.5) is 25.1 Å². The molecule has 10 nitrogen and oxygen atoms in total. The number of ether oxygens (including phenoxy) is 1. The molecular formula is C25H26ClF2N5O5S2. The SMILES string of the molecule is COc1ccc(N(C)C(=O)[C@H](Cc2cc(F)cc(F)c2)NC(=O)NS(=O)(=O)N2CCc3c(Cl)ccnc32)cc1.S. The van der Waals surface area contributed by atoms with Gasteiger partial charge in [-0.1, -0.05) is 11.6 Å². The zero-order valence-corrected chi connectivity index (χ0v) is 23.9. The zero-order chi connectivity index (χ0) is 28.3. The van der Waals surface area contributed by atoms with Crippen molar-refractivity contribution in [3.63, 3.8) is 0 Å². The monoisotopic (exact) mass is 613 g/mol. The second kappa shape index (κ2) is 12.7. The number of benzene rings is 2. The van der Waals surface area contributed by atoms with Crippen LogP contribution in [0.15, 0.2) is 54.7 Å². The normalized spacial score (nSPS) is 13.1. The molecule has 1 aliphatic rings. The third-order valence-electron chi connectivity index (χ3n) is 6.04. The van der Waals surface area contributed by atoms with Gasteiger partial charge in [-0.25, -0.2) is 27.6 Å². The fraction of sp³-hybridized carbons (Fsp3) is 0.240. The van der Waals surface area contributed by atoms with E-state index < -0.39 is 39.8 Å². The fourth-order valence-electron chi connectivity index (χ4n) is 4.15. The molecule has 3 aromatic rings.